The van der Waals surface area contributed by atoms with Crippen LogP contribution < -0.4 is 5.32 Å². The molecule has 5 heteroatoms. The quantitative estimate of drug-likeness (QED) is 0.891. The molecule has 2 aromatic carbocycles. The van der Waals surface area contributed by atoms with Crippen LogP contribution in [0.15, 0.2) is 53.4 Å². The van der Waals surface area contributed by atoms with Crippen molar-refractivity contribution in [3.63, 3.8) is 0 Å². The lowest BCUT2D eigenvalue weighted by Crippen LogP contribution is -2.02. The Morgan fingerprint density at radius 1 is 1.05 bits per heavy atom. The van der Waals surface area contributed by atoms with Crippen LogP contribution in [0.4, 0.5) is 5.69 Å². The van der Waals surface area contributed by atoms with Crippen molar-refractivity contribution >= 4 is 15.5 Å². The zero-order valence-electron chi connectivity index (χ0n) is 12.2. The molecule has 0 atom stereocenters. The van der Waals surface area contributed by atoms with Crippen LogP contribution >= 0.6 is 0 Å². The molecular weight excluding hydrogens is 286 g/mol. The number of ether oxygens (including phenoxy) is 1. The summed E-state index contributed by atoms with van der Waals surface area (Å²) in [5.74, 6) is 0. The van der Waals surface area contributed by atoms with Crippen molar-refractivity contribution < 1.29 is 13.2 Å². The number of rotatable bonds is 6. The van der Waals surface area contributed by atoms with Gasteiger partial charge in [0.1, 0.15) is 0 Å². The van der Waals surface area contributed by atoms with E-state index < -0.39 is 9.84 Å². The summed E-state index contributed by atoms with van der Waals surface area (Å²) in [5, 5.41) is 3.24. The summed E-state index contributed by atoms with van der Waals surface area (Å²) in [4.78, 5) is 0.320. The molecule has 21 heavy (non-hydrogen) atoms. The van der Waals surface area contributed by atoms with Crippen LogP contribution in [0.1, 0.15) is 11.1 Å². The Hall–Kier alpha value is -1.85. The van der Waals surface area contributed by atoms with Crippen LogP contribution in [0.5, 0.6) is 0 Å². The maximum absolute atomic E-state index is 11.5. The highest BCUT2D eigenvalue weighted by Gasteiger charge is 2.07. The highest BCUT2D eigenvalue weighted by molar-refractivity contribution is 7.90. The minimum Gasteiger partial charge on any atom is -0.381 e. The van der Waals surface area contributed by atoms with E-state index in [0.717, 1.165) is 16.8 Å². The smallest absolute Gasteiger partial charge is 0.175 e. The summed E-state index contributed by atoms with van der Waals surface area (Å²) in [7, 11) is -1.51. The van der Waals surface area contributed by atoms with Gasteiger partial charge in [0.15, 0.2) is 9.84 Å². The first-order valence-corrected chi connectivity index (χ1v) is 8.49. The largest absolute Gasteiger partial charge is 0.381 e. The summed E-state index contributed by atoms with van der Waals surface area (Å²) >= 11 is 0. The van der Waals surface area contributed by atoms with Gasteiger partial charge in [-0.25, -0.2) is 8.42 Å². The van der Waals surface area contributed by atoms with Gasteiger partial charge in [-0.05, 0) is 29.3 Å². The minimum absolute atomic E-state index is 0.320. The van der Waals surface area contributed by atoms with E-state index in [-0.39, 0.29) is 0 Å². The highest BCUT2D eigenvalue weighted by atomic mass is 32.2. The second kappa shape index (κ2) is 6.74. The molecule has 1 N–H and O–H groups in total. The normalized spacial score (nSPS) is 11.3. The number of benzene rings is 2. The van der Waals surface area contributed by atoms with Crippen molar-refractivity contribution in [1.29, 1.82) is 0 Å². The zero-order chi connectivity index (χ0) is 15.3. The molecule has 0 aliphatic rings. The van der Waals surface area contributed by atoms with Gasteiger partial charge in [0.2, 0.25) is 0 Å². The number of sulfone groups is 1. The van der Waals surface area contributed by atoms with Crippen molar-refractivity contribution in [2.45, 2.75) is 18.0 Å². The van der Waals surface area contributed by atoms with Crippen LogP contribution in [-0.4, -0.2) is 21.8 Å². The number of hydrogen-bond acceptors (Lipinski definition) is 4. The number of anilines is 1. The maximum Gasteiger partial charge on any atom is 0.175 e. The molecule has 0 heterocycles. The van der Waals surface area contributed by atoms with Crippen molar-refractivity contribution in [3.05, 3.63) is 59.7 Å². The number of nitrogens with one attached hydrogen (secondary N) is 1. The molecule has 0 aliphatic heterocycles. The Kier molecular flexibility index (Phi) is 4.98. The summed E-state index contributed by atoms with van der Waals surface area (Å²) in [6.07, 6.45) is 1.21. The van der Waals surface area contributed by atoms with E-state index in [0.29, 0.717) is 18.0 Å². The van der Waals surface area contributed by atoms with E-state index in [1.165, 1.54) is 6.26 Å². The Morgan fingerprint density at radius 3 is 2.48 bits per heavy atom. The second-order valence-electron chi connectivity index (χ2n) is 4.91. The standard InChI is InChI=1S/C16H19NO3S/c1-20-12-14-6-3-5-13(9-14)11-17-15-7-4-8-16(10-15)21(2,18)19/h3-10,17H,11-12H2,1-2H3. The summed E-state index contributed by atoms with van der Waals surface area (Å²) in [6, 6.07) is 14.9. The molecule has 0 saturated carbocycles. The van der Waals surface area contributed by atoms with E-state index in [2.05, 4.69) is 11.4 Å². The lowest BCUT2D eigenvalue weighted by atomic mass is 10.1. The van der Waals surface area contributed by atoms with E-state index in [9.17, 15) is 8.42 Å². The Balaban J connectivity index is 2.08. The molecule has 2 rings (SSSR count). The minimum atomic E-state index is -3.18. The lowest BCUT2D eigenvalue weighted by molar-refractivity contribution is 0.185. The van der Waals surface area contributed by atoms with Crippen molar-refractivity contribution in [2.24, 2.45) is 0 Å². The van der Waals surface area contributed by atoms with E-state index in [4.69, 9.17) is 4.74 Å². The predicted molar refractivity (Wildman–Crippen MR) is 84.0 cm³/mol. The topological polar surface area (TPSA) is 55.4 Å². The third kappa shape index (κ3) is 4.58. The molecule has 0 amide bonds. The van der Waals surface area contributed by atoms with E-state index in [1.54, 1.807) is 25.3 Å². The summed E-state index contributed by atoms with van der Waals surface area (Å²) in [5.41, 5.74) is 3.02. The Bertz CT molecular complexity index is 711. The van der Waals surface area contributed by atoms with Gasteiger partial charge in [0.05, 0.1) is 11.5 Å². The van der Waals surface area contributed by atoms with Gasteiger partial charge in [-0.2, -0.15) is 0 Å². The average Bonchev–Trinajstić information content (AvgIpc) is 2.45. The first-order chi connectivity index (χ1) is 9.99. The fourth-order valence-corrected chi connectivity index (χ4v) is 2.70. The fourth-order valence-electron chi connectivity index (χ4n) is 2.04. The number of methoxy groups -OCH3 is 1. The van der Waals surface area contributed by atoms with Crippen LogP contribution in [-0.2, 0) is 27.7 Å². The van der Waals surface area contributed by atoms with Gasteiger partial charge in [0, 0.05) is 25.6 Å². The molecule has 0 saturated heterocycles. The van der Waals surface area contributed by atoms with Gasteiger partial charge >= 0.3 is 0 Å². The predicted octanol–water partition coefficient (Wildman–Crippen LogP) is 2.85. The first kappa shape index (κ1) is 15.5. The zero-order valence-corrected chi connectivity index (χ0v) is 13.0. The molecule has 4 nitrogen and oxygen atoms in total. The van der Waals surface area contributed by atoms with Crippen LogP contribution in [0.25, 0.3) is 0 Å². The average molecular weight is 305 g/mol. The van der Waals surface area contributed by atoms with E-state index >= 15 is 0 Å². The van der Waals surface area contributed by atoms with Crippen LogP contribution in [0.3, 0.4) is 0 Å². The third-order valence-corrected chi connectivity index (χ3v) is 4.17. The van der Waals surface area contributed by atoms with Crippen molar-refractivity contribution in [2.75, 3.05) is 18.7 Å². The van der Waals surface area contributed by atoms with E-state index in [1.807, 2.05) is 24.3 Å². The molecule has 0 radical (unpaired) electrons. The molecule has 0 aliphatic carbocycles. The molecule has 2 aromatic rings. The highest BCUT2D eigenvalue weighted by Crippen LogP contribution is 2.16. The summed E-state index contributed by atoms with van der Waals surface area (Å²) in [6.45, 7) is 1.21. The van der Waals surface area contributed by atoms with Crippen LogP contribution in [0.2, 0.25) is 0 Å². The third-order valence-electron chi connectivity index (χ3n) is 3.06. The van der Waals surface area contributed by atoms with Gasteiger partial charge < -0.3 is 10.1 Å². The molecule has 0 aromatic heterocycles. The molecule has 0 unspecified atom stereocenters. The molecule has 0 fully saturated rings. The molecule has 112 valence electrons. The van der Waals surface area contributed by atoms with Crippen molar-refractivity contribution in [1.82, 2.24) is 0 Å². The van der Waals surface area contributed by atoms with Crippen LogP contribution in [0, 0.1) is 0 Å². The molecular formula is C16H19NO3S. The fraction of sp³-hybridized carbons (Fsp3) is 0.250. The Morgan fingerprint density at radius 2 is 1.76 bits per heavy atom. The first-order valence-electron chi connectivity index (χ1n) is 6.60. The SMILES string of the molecule is COCc1cccc(CNc2cccc(S(C)(=O)=O)c2)c1. The number of hydrogen-bond donors (Lipinski definition) is 1. The maximum atomic E-state index is 11.5. The molecule has 0 spiro atoms. The molecule has 0 bridgehead atoms. The lowest BCUT2D eigenvalue weighted by Gasteiger charge is -2.09. The van der Waals surface area contributed by atoms with Gasteiger partial charge in [-0.15, -0.1) is 0 Å². The summed E-state index contributed by atoms with van der Waals surface area (Å²) < 4.78 is 28.2. The van der Waals surface area contributed by atoms with Crippen molar-refractivity contribution in [3.8, 4) is 0 Å². The van der Waals surface area contributed by atoms with Gasteiger partial charge in [-0.1, -0.05) is 30.3 Å². The second-order valence-corrected chi connectivity index (χ2v) is 6.92. The van der Waals surface area contributed by atoms with Gasteiger partial charge in [-0.3, -0.25) is 0 Å². The monoisotopic (exact) mass is 305 g/mol. The Labute approximate surface area is 125 Å². The van der Waals surface area contributed by atoms with Gasteiger partial charge in [0.25, 0.3) is 0 Å².